The molecule has 0 radical (unpaired) electrons. The number of carbonyl (C=O) groups excluding carboxylic acids is 1. The van der Waals surface area contributed by atoms with E-state index in [1.54, 1.807) is 6.08 Å². The summed E-state index contributed by atoms with van der Waals surface area (Å²) in [6.07, 6.45) is -2.86. The molecule has 28 heavy (non-hydrogen) atoms. The highest BCUT2D eigenvalue weighted by Crippen LogP contribution is 2.33. The maximum atomic E-state index is 13.0. The number of carbonyl (C=O) groups is 1. The molecule has 0 aliphatic heterocycles. The Labute approximate surface area is 164 Å². The van der Waals surface area contributed by atoms with Gasteiger partial charge in [-0.3, -0.25) is 4.79 Å². The summed E-state index contributed by atoms with van der Waals surface area (Å²) in [6.45, 7) is 4.34. The standard InChI is InChI=1S/C20H18F3N3OS/c1-2-10-24-18(27)13-28-19-25-16-11-15(20(21,22)23)8-9-17(16)26(19)12-14-6-4-3-5-7-14/h2-9,11H,1,10,12-13H2,(H,24,27). The Kier molecular flexibility index (Phi) is 6.08. The summed E-state index contributed by atoms with van der Waals surface area (Å²) in [6, 6.07) is 13.1. The number of halogens is 3. The zero-order chi connectivity index (χ0) is 20.1. The third kappa shape index (κ3) is 4.75. The predicted octanol–water partition coefficient (Wildman–Crippen LogP) is 4.50. The summed E-state index contributed by atoms with van der Waals surface area (Å²) in [7, 11) is 0. The highest BCUT2D eigenvalue weighted by Gasteiger charge is 2.31. The molecule has 1 heterocycles. The smallest absolute Gasteiger partial charge is 0.352 e. The number of thioether (sulfide) groups is 1. The van der Waals surface area contributed by atoms with Crippen molar-refractivity contribution in [1.82, 2.24) is 14.9 Å². The van der Waals surface area contributed by atoms with E-state index < -0.39 is 11.7 Å². The lowest BCUT2D eigenvalue weighted by Gasteiger charge is -2.10. The van der Waals surface area contributed by atoms with Gasteiger partial charge >= 0.3 is 6.18 Å². The van der Waals surface area contributed by atoms with Crippen molar-refractivity contribution in [3.05, 3.63) is 72.3 Å². The van der Waals surface area contributed by atoms with Crippen LogP contribution in [0.1, 0.15) is 11.1 Å². The quantitative estimate of drug-likeness (QED) is 0.465. The van der Waals surface area contributed by atoms with Crippen molar-refractivity contribution in [2.45, 2.75) is 17.9 Å². The maximum absolute atomic E-state index is 13.0. The van der Waals surface area contributed by atoms with Crippen molar-refractivity contribution in [2.24, 2.45) is 0 Å². The summed E-state index contributed by atoms with van der Waals surface area (Å²) in [5, 5.41) is 3.16. The first-order chi connectivity index (χ1) is 13.4. The van der Waals surface area contributed by atoms with Crippen LogP contribution in [0.5, 0.6) is 0 Å². The molecule has 0 spiro atoms. The second kappa shape index (κ2) is 8.52. The number of nitrogens with zero attached hydrogens (tertiary/aromatic N) is 2. The number of aromatic nitrogens is 2. The minimum atomic E-state index is -4.44. The average Bonchev–Trinajstić information content (AvgIpc) is 3.01. The number of benzene rings is 2. The van der Waals surface area contributed by atoms with E-state index in [1.807, 2.05) is 34.9 Å². The van der Waals surface area contributed by atoms with Crippen LogP contribution in [0.15, 0.2) is 66.3 Å². The number of hydrogen-bond acceptors (Lipinski definition) is 3. The molecule has 0 aliphatic rings. The fraction of sp³-hybridized carbons (Fsp3) is 0.200. The van der Waals surface area contributed by atoms with Gasteiger partial charge in [0.05, 0.1) is 28.9 Å². The van der Waals surface area contributed by atoms with Gasteiger partial charge in [0.15, 0.2) is 5.16 Å². The average molecular weight is 405 g/mol. The molecule has 8 heteroatoms. The molecule has 0 fully saturated rings. The molecule has 1 amide bonds. The topological polar surface area (TPSA) is 46.9 Å². The molecular weight excluding hydrogens is 387 g/mol. The fourth-order valence-electron chi connectivity index (χ4n) is 2.68. The number of rotatable bonds is 7. The summed E-state index contributed by atoms with van der Waals surface area (Å²) < 4.78 is 41.0. The van der Waals surface area contributed by atoms with Gasteiger partial charge < -0.3 is 9.88 Å². The molecule has 0 atom stereocenters. The van der Waals surface area contributed by atoms with Gasteiger partial charge in [-0.05, 0) is 23.8 Å². The van der Waals surface area contributed by atoms with Crippen LogP contribution >= 0.6 is 11.8 Å². The van der Waals surface area contributed by atoms with E-state index in [1.165, 1.54) is 17.8 Å². The molecule has 3 aromatic rings. The molecule has 0 aliphatic carbocycles. The zero-order valence-electron chi connectivity index (χ0n) is 14.9. The van der Waals surface area contributed by atoms with Crippen molar-refractivity contribution in [2.75, 3.05) is 12.3 Å². The predicted molar refractivity (Wildman–Crippen MR) is 104 cm³/mol. The zero-order valence-corrected chi connectivity index (χ0v) is 15.7. The molecule has 146 valence electrons. The van der Waals surface area contributed by atoms with Crippen LogP contribution in [0.3, 0.4) is 0 Å². The number of imidazole rings is 1. The Morgan fingerprint density at radius 1 is 1.21 bits per heavy atom. The number of nitrogens with one attached hydrogen (secondary N) is 1. The Hall–Kier alpha value is -2.74. The van der Waals surface area contributed by atoms with E-state index in [2.05, 4.69) is 16.9 Å². The van der Waals surface area contributed by atoms with Crippen LogP contribution in [0.2, 0.25) is 0 Å². The fourth-order valence-corrected chi connectivity index (χ4v) is 3.52. The molecule has 0 saturated heterocycles. The van der Waals surface area contributed by atoms with Crippen LogP contribution in [-0.4, -0.2) is 27.8 Å². The van der Waals surface area contributed by atoms with Gasteiger partial charge in [0.2, 0.25) is 5.91 Å². The van der Waals surface area contributed by atoms with Gasteiger partial charge in [-0.25, -0.2) is 4.98 Å². The first-order valence-corrected chi connectivity index (χ1v) is 9.49. The van der Waals surface area contributed by atoms with Gasteiger partial charge in [-0.15, -0.1) is 6.58 Å². The third-order valence-electron chi connectivity index (χ3n) is 4.00. The van der Waals surface area contributed by atoms with Crippen molar-refractivity contribution in [3.8, 4) is 0 Å². The van der Waals surface area contributed by atoms with Crippen LogP contribution in [0.4, 0.5) is 13.2 Å². The Morgan fingerprint density at radius 2 is 1.96 bits per heavy atom. The highest BCUT2D eigenvalue weighted by atomic mass is 32.2. The molecule has 4 nitrogen and oxygen atoms in total. The molecule has 0 bridgehead atoms. The van der Waals surface area contributed by atoms with Gasteiger partial charge in [-0.2, -0.15) is 13.2 Å². The van der Waals surface area contributed by atoms with Crippen molar-refractivity contribution in [3.63, 3.8) is 0 Å². The Bertz CT molecular complexity index is 984. The van der Waals surface area contributed by atoms with Crippen LogP contribution in [-0.2, 0) is 17.5 Å². The minimum Gasteiger partial charge on any atom is -0.352 e. The number of hydrogen-bond donors (Lipinski definition) is 1. The molecule has 1 aromatic heterocycles. The summed E-state index contributed by atoms with van der Waals surface area (Å²) >= 11 is 1.19. The largest absolute Gasteiger partial charge is 0.416 e. The van der Waals surface area contributed by atoms with Gasteiger partial charge in [0, 0.05) is 6.54 Å². The monoisotopic (exact) mass is 405 g/mol. The SMILES string of the molecule is C=CCNC(=O)CSc1nc2cc(C(F)(F)F)ccc2n1Cc1ccccc1. The maximum Gasteiger partial charge on any atom is 0.416 e. The van der Waals surface area contributed by atoms with Gasteiger partial charge in [0.25, 0.3) is 0 Å². The lowest BCUT2D eigenvalue weighted by atomic mass is 10.2. The van der Waals surface area contributed by atoms with E-state index in [0.29, 0.717) is 23.8 Å². The van der Waals surface area contributed by atoms with Gasteiger partial charge in [-0.1, -0.05) is 48.2 Å². The molecule has 2 aromatic carbocycles. The molecule has 1 N–H and O–H groups in total. The lowest BCUT2D eigenvalue weighted by molar-refractivity contribution is -0.137. The van der Waals surface area contributed by atoms with E-state index in [4.69, 9.17) is 0 Å². The third-order valence-corrected chi connectivity index (χ3v) is 4.98. The van der Waals surface area contributed by atoms with Crippen LogP contribution in [0, 0.1) is 0 Å². The number of amides is 1. The molecular formula is C20H18F3N3OS. The molecule has 3 rings (SSSR count). The normalized spacial score (nSPS) is 11.5. The Morgan fingerprint density at radius 3 is 2.64 bits per heavy atom. The summed E-state index contributed by atoms with van der Waals surface area (Å²) in [5.74, 6) is -0.0860. The van der Waals surface area contributed by atoms with Crippen LogP contribution in [0.25, 0.3) is 11.0 Å². The summed E-state index contributed by atoms with van der Waals surface area (Å²) in [5.41, 5.74) is 1.08. The number of alkyl halides is 3. The van der Waals surface area contributed by atoms with E-state index in [9.17, 15) is 18.0 Å². The number of fused-ring (bicyclic) bond motifs is 1. The van der Waals surface area contributed by atoms with Crippen molar-refractivity contribution in [1.29, 1.82) is 0 Å². The Balaban J connectivity index is 1.95. The first-order valence-electron chi connectivity index (χ1n) is 8.50. The lowest BCUT2D eigenvalue weighted by Crippen LogP contribution is -2.25. The van der Waals surface area contributed by atoms with Crippen molar-refractivity contribution < 1.29 is 18.0 Å². The van der Waals surface area contributed by atoms with Crippen molar-refractivity contribution >= 4 is 28.7 Å². The second-order valence-electron chi connectivity index (χ2n) is 6.05. The highest BCUT2D eigenvalue weighted by molar-refractivity contribution is 7.99. The first kappa shape index (κ1) is 20.0. The second-order valence-corrected chi connectivity index (χ2v) is 6.99. The van der Waals surface area contributed by atoms with E-state index in [0.717, 1.165) is 17.7 Å². The molecule has 0 saturated carbocycles. The van der Waals surface area contributed by atoms with Crippen LogP contribution < -0.4 is 5.32 Å². The van der Waals surface area contributed by atoms with Gasteiger partial charge in [0.1, 0.15) is 0 Å². The van der Waals surface area contributed by atoms with E-state index in [-0.39, 0.29) is 17.2 Å². The summed E-state index contributed by atoms with van der Waals surface area (Å²) in [4.78, 5) is 16.2. The molecule has 0 unspecified atom stereocenters. The van der Waals surface area contributed by atoms with E-state index >= 15 is 0 Å². The minimum absolute atomic E-state index is 0.109.